The van der Waals surface area contributed by atoms with Gasteiger partial charge in [0.05, 0.1) is 33.2 Å². The molecule has 0 bridgehead atoms. The number of aromatic nitrogens is 2. The average Bonchev–Trinajstić information content (AvgIpc) is 3.30. The van der Waals surface area contributed by atoms with Crippen LogP contribution in [-0.2, 0) is 11.2 Å². The summed E-state index contributed by atoms with van der Waals surface area (Å²) in [5, 5.41) is 3.16. The molecule has 1 aliphatic heterocycles. The Kier molecular flexibility index (Phi) is 4.86. The minimum atomic E-state index is 0.138. The zero-order chi connectivity index (χ0) is 20.0. The summed E-state index contributed by atoms with van der Waals surface area (Å²) in [7, 11) is 0. The lowest BCUT2D eigenvalue weighted by molar-refractivity contribution is -0.130. The van der Waals surface area contributed by atoms with Crippen LogP contribution in [-0.4, -0.2) is 46.4 Å². The van der Waals surface area contributed by atoms with Crippen LogP contribution in [0, 0.1) is 0 Å². The lowest BCUT2D eigenvalue weighted by atomic mass is 10.2. The smallest absolute Gasteiger partial charge is 0.228 e. The molecule has 0 N–H and O–H groups in total. The Morgan fingerprint density at radius 1 is 1.03 bits per heavy atom. The molecular formula is C21H18Cl2N4OS. The van der Waals surface area contributed by atoms with Crippen LogP contribution in [0.15, 0.2) is 47.8 Å². The summed E-state index contributed by atoms with van der Waals surface area (Å²) in [5.41, 5.74) is 3.92. The van der Waals surface area contributed by atoms with Crippen molar-refractivity contribution in [1.29, 1.82) is 0 Å². The minimum Gasteiger partial charge on any atom is -0.367 e. The third kappa shape index (κ3) is 3.35. The standard InChI is InChI=1S/C21H18Cl2N4OS/c22-15-4-3-7-18(20(15)23)25-8-10-26(11-9-25)19(28)12-14-13-29-21-24-16-5-1-2-6-17(16)27(14)21/h1-7,13H,8-12H2. The number of benzene rings is 2. The van der Waals surface area contributed by atoms with E-state index < -0.39 is 0 Å². The van der Waals surface area contributed by atoms with Gasteiger partial charge in [0.15, 0.2) is 4.96 Å². The van der Waals surface area contributed by atoms with Crippen LogP contribution in [0.1, 0.15) is 5.69 Å². The quantitative estimate of drug-likeness (QED) is 0.457. The molecule has 2 aromatic carbocycles. The Hall–Kier alpha value is -2.28. The number of piperazine rings is 1. The van der Waals surface area contributed by atoms with Gasteiger partial charge in [0.25, 0.3) is 0 Å². The van der Waals surface area contributed by atoms with Crippen LogP contribution < -0.4 is 4.90 Å². The summed E-state index contributed by atoms with van der Waals surface area (Å²) >= 11 is 14.1. The maximum atomic E-state index is 13.0. The summed E-state index contributed by atoms with van der Waals surface area (Å²) in [6, 6.07) is 13.7. The van der Waals surface area contributed by atoms with E-state index in [0.717, 1.165) is 40.5 Å². The second-order valence-electron chi connectivity index (χ2n) is 7.06. The van der Waals surface area contributed by atoms with Crippen molar-refractivity contribution in [1.82, 2.24) is 14.3 Å². The molecule has 1 amide bonds. The zero-order valence-electron chi connectivity index (χ0n) is 15.5. The van der Waals surface area contributed by atoms with Gasteiger partial charge in [-0.3, -0.25) is 9.20 Å². The molecule has 1 fully saturated rings. The Morgan fingerprint density at radius 3 is 2.66 bits per heavy atom. The molecule has 0 atom stereocenters. The van der Waals surface area contributed by atoms with E-state index >= 15 is 0 Å². The van der Waals surface area contributed by atoms with Crippen molar-refractivity contribution in [3.63, 3.8) is 0 Å². The van der Waals surface area contributed by atoms with Crippen molar-refractivity contribution in [2.75, 3.05) is 31.1 Å². The predicted molar refractivity (Wildman–Crippen MR) is 120 cm³/mol. The zero-order valence-corrected chi connectivity index (χ0v) is 17.8. The highest BCUT2D eigenvalue weighted by Gasteiger charge is 2.24. The second-order valence-corrected chi connectivity index (χ2v) is 8.68. The fourth-order valence-corrected chi connectivity index (χ4v) is 5.17. The van der Waals surface area contributed by atoms with Crippen LogP contribution in [0.3, 0.4) is 0 Å². The number of halogens is 2. The molecule has 2 aromatic heterocycles. The van der Waals surface area contributed by atoms with E-state index in [1.807, 2.05) is 46.7 Å². The fraction of sp³-hybridized carbons (Fsp3) is 0.238. The molecule has 29 heavy (non-hydrogen) atoms. The molecule has 5 rings (SSSR count). The summed E-state index contributed by atoms with van der Waals surface area (Å²) in [5.74, 6) is 0.138. The molecule has 0 radical (unpaired) electrons. The van der Waals surface area contributed by atoms with Crippen LogP contribution in [0.5, 0.6) is 0 Å². The largest absolute Gasteiger partial charge is 0.367 e. The van der Waals surface area contributed by atoms with Crippen LogP contribution >= 0.6 is 34.5 Å². The molecular weight excluding hydrogens is 427 g/mol. The fourth-order valence-electron chi connectivity index (χ4n) is 3.85. The lowest BCUT2D eigenvalue weighted by Crippen LogP contribution is -2.49. The van der Waals surface area contributed by atoms with Crippen molar-refractivity contribution in [2.45, 2.75) is 6.42 Å². The van der Waals surface area contributed by atoms with E-state index in [-0.39, 0.29) is 5.91 Å². The Labute approximate surface area is 182 Å². The van der Waals surface area contributed by atoms with Gasteiger partial charge in [-0.1, -0.05) is 41.4 Å². The summed E-state index contributed by atoms with van der Waals surface area (Å²) in [6.45, 7) is 2.80. The lowest BCUT2D eigenvalue weighted by Gasteiger charge is -2.36. The number of thiazole rings is 1. The third-order valence-electron chi connectivity index (χ3n) is 5.35. The van der Waals surface area contributed by atoms with Gasteiger partial charge in [-0.15, -0.1) is 11.3 Å². The number of carbonyl (C=O) groups excluding carboxylic acids is 1. The molecule has 5 nitrogen and oxygen atoms in total. The Balaban J connectivity index is 1.30. The summed E-state index contributed by atoms with van der Waals surface area (Å²) in [4.78, 5) is 22.6. The number of fused-ring (bicyclic) bond motifs is 3. The number of imidazole rings is 1. The van der Waals surface area contributed by atoms with Gasteiger partial charge >= 0.3 is 0 Å². The average molecular weight is 445 g/mol. The number of carbonyl (C=O) groups is 1. The molecule has 1 saturated heterocycles. The van der Waals surface area contributed by atoms with Gasteiger partial charge in [-0.2, -0.15) is 0 Å². The Bertz CT molecular complexity index is 1210. The normalized spacial score (nSPS) is 14.8. The van der Waals surface area contributed by atoms with Crippen molar-refractivity contribution >= 4 is 62.1 Å². The van der Waals surface area contributed by atoms with Gasteiger partial charge in [0.2, 0.25) is 5.91 Å². The summed E-state index contributed by atoms with van der Waals surface area (Å²) < 4.78 is 2.10. The third-order valence-corrected chi connectivity index (χ3v) is 7.04. The van der Waals surface area contributed by atoms with Crippen molar-refractivity contribution < 1.29 is 4.79 Å². The molecule has 3 heterocycles. The SMILES string of the molecule is O=C(Cc1csc2nc3ccccc3n12)N1CCN(c2cccc(Cl)c2Cl)CC1. The topological polar surface area (TPSA) is 40.9 Å². The van der Waals surface area contributed by atoms with E-state index in [4.69, 9.17) is 23.2 Å². The first kappa shape index (κ1) is 18.7. The highest BCUT2D eigenvalue weighted by Crippen LogP contribution is 2.33. The van der Waals surface area contributed by atoms with Gasteiger partial charge in [0.1, 0.15) is 0 Å². The predicted octanol–water partition coefficient (Wildman–Crippen LogP) is 4.75. The van der Waals surface area contributed by atoms with E-state index in [1.54, 1.807) is 17.4 Å². The van der Waals surface area contributed by atoms with E-state index in [1.165, 1.54) is 0 Å². The number of rotatable bonds is 3. The molecule has 1 aliphatic rings. The maximum Gasteiger partial charge on any atom is 0.228 e. The van der Waals surface area contributed by atoms with Gasteiger partial charge in [0, 0.05) is 37.3 Å². The Morgan fingerprint density at radius 2 is 1.83 bits per heavy atom. The first-order chi connectivity index (χ1) is 14.1. The number of anilines is 1. The molecule has 0 spiro atoms. The van der Waals surface area contributed by atoms with Gasteiger partial charge < -0.3 is 9.80 Å². The molecule has 8 heteroatoms. The number of hydrogen-bond donors (Lipinski definition) is 0. The maximum absolute atomic E-state index is 13.0. The molecule has 0 unspecified atom stereocenters. The highest BCUT2D eigenvalue weighted by atomic mass is 35.5. The second kappa shape index (κ2) is 7.52. The van der Waals surface area contributed by atoms with Crippen LogP contribution in [0.2, 0.25) is 10.0 Å². The van der Waals surface area contributed by atoms with Crippen molar-refractivity contribution in [2.24, 2.45) is 0 Å². The number of hydrogen-bond acceptors (Lipinski definition) is 4. The van der Waals surface area contributed by atoms with Crippen LogP contribution in [0.25, 0.3) is 16.0 Å². The highest BCUT2D eigenvalue weighted by molar-refractivity contribution is 7.15. The molecule has 0 aliphatic carbocycles. The first-order valence-corrected chi connectivity index (χ1v) is 11.1. The number of nitrogens with zero attached hydrogens (tertiary/aromatic N) is 4. The van der Waals surface area contributed by atoms with E-state index in [0.29, 0.717) is 29.6 Å². The first-order valence-electron chi connectivity index (χ1n) is 9.42. The number of amides is 1. The van der Waals surface area contributed by atoms with Crippen LogP contribution in [0.4, 0.5) is 5.69 Å². The summed E-state index contributed by atoms with van der Waals surface area (Å²) in [6.07, 6.45) is 0.373. The number of para-hydroxylation sites is 2. The monoisotopic (exact) mass is 444 g/mol. The molecule has 148 valence electrons. The van der Waals surface area contributed by atoms with Gasteiger partial charge in [-0.05, 0) is 24.3 Å². The molecule has 0 saturated carbocycles. The van der Waals surface area contributed by atoms with Gasteiger partial charge in [-0.25, -0.2) is 4.98 Å². The minimum absolute atomic E-state index is 0.138. The van der Waals surface area contributed by atoms with E-state index in [9.17, 15) is 4.79 Å². The molecule has 4 aromatic rings. The van der Waals surface area contributed by atoms with E-state index in [2.05, 4.69) is 14.3 Å². The van der Waals surface area contributed by atoms with Crippen molar-refractivity contribution in [3.05, 3.63) is 63.6 Å². The van der Waals surface area contributed by atoms with Crippen molar-refractivity contribution in [3.8, 4) is 0 Å².